The number of rotatable bonds is 20. The normalized spacial score (nSPS) is 34.5. The molecule has 0 radical (unpaired) electrons. The van der Waals surface area contributed by atoms with Crippen molar-refractivity contribution < 1.29 is 57.9 Å². The van der Waals surface area contributed by atoms with E-state index in [2.05, 4.69) is 63.5 Å². The average Bonchev–Trinajstić information content (AvgIpc) is 3.57. The number of ether oxygens (including phenoxy) is 5. The van der Waals surface area contributed by atoms with Crippen LogP contribution in [0.4, 0.5) is 0 Å². The second-order valence-electron chi connectivity index (χ2n) is 23.8. The lowest BCUT2D eigenvalue weighted by Crippen LogP contribution is -2.71. The molecule has 0 aromatic heterocycles. The fourth-order valence-electron chi connectivity index (χ4n) is 12.9. The molecule has 7 aliphatic rings. The van der Waals surface area contributed by atoms with Gasteiger partial charge in [0, 0.05) is 25.7 Å². The number of hydrogen-bond acceptors (Lipinski definition) is 13. The van der Waals surface area contributed by atoms with E-state index in [9.17, 15) is 24.6 Å². The lowest BCUT2D eigenvalue weighted by Gasteiger charge is -2.53. The highest BCUT2D eigenvalue weighted by Crippen LogP contribution is 2.61. The number of aliphatic hydroxyl groups excluding tert-OH is 2. The molecule has 0 spiro atoms. The number of fused-ring (bicyclic) bond motifs is 6. The first-order chi connectivity index (χ1) is 33.1. The molecule has 70 heavy (non-hydrogen) atoms. The fraction of sp³-hybridized carbons (Fsp3) is 0.782. The van der Waals surface area contributed by atoms with Gasteiger partial charge in [0.25, 0.3) is 0 Å². The van der Waals surface area contributed by atoms with Crippen molar-refractivity contribution >= 4 is 29.8 Å². The summed E-state index contributed by atoms with van der Waals surface area (Å²) in [5.74, 6) is -2.33. The van der Waals surface area contributed by atoms with E-state index in [-0.39, 0.29) is 31.4 Å². The number of nitrogens with zero attached hydrogens (tertiary/aromatic N) is 1. The van der Waals surface area contributed by atoms with Crippen LogP contribution in [0.2, 0.25) is 0 Å². The van der Waals surface area contributed by atoms with Crippen molar-refractivity contribution in [3.05, 3.63) is 41.0 Å². The van der Waals surface area contributed by atoms with Gasteiger partial charge < -0.3 is 44.5 Å². The largest absolute Gasteiger partial charge is 0.460 e. The summed E-state index contributed by atoms with van der Waals surface area (Å²) in [5, 5.41) is 28.4. The number of allylic oxidation sites excluding steroid dienone is 1. The van der Waals surface area contributed by atoms with Gasteiger partial charge in [-0.15, -0.1) is 0 Å². The summed E-state index contributed by atoms with van der Waals surface area (Å²) in [6.45, 7) is 17.7. The Labute approximate surface area is 415 Å². The molecule has 4 saturated heterocycles. The second-order valence-corrected chi connectivity index (χ2v) is 23.8. The number of esters is 2. The van der Waals surface area contributed by atoms with Crippen molar-refractivity contribution in [1.29, 1.82) is 0 Å². The number of amides is 2. The summed E-state index contributed by atoms with van der Waals surface area (Å²) in [5.41, 5.74) is 1.46. The van der Waals surface area contributed by atoms with Gasteiger partial charge in [-0.05, 0) is 114 Å². The maximum Gasteiger partial charge on any atom is 0.327 e. The van der Waals surface area contributed by atoms with Crippen LogP contribution in [0.1, 0.15) is 176 Å². The molecule has 3 aliphatic carbocycles. The Kier molecular flexibility index (Phi) is 15.7. The zero-order chi connectivity index (χ0) is 50.4. The minimum atomic E-state index is -1.61. The first kappa shape index (κ1) is 52.9. The Morgan fingerprint density at radius 2 is 1.63 bits per heavy atom. The fourth-order valence-corrected chi connectivity index (χ4v) is 12.9. The lowest BCUT2D eigenvalue weighted by molar-refractivity contribution is -0.224. The first-order valence-electron chi connectivity index (χ1n) is 26.7. The Morgan fingerprint density at radius 3 is 2.26 bits per heavy atom. The number of benzene rings is 1. The molecule has 4 N–H and O–H groups in total. The molecular formula is C55H83N3O12. The number of aliphatic hydroxyl groups is 2. The minimum Gasteiger partial charge on any atom is -0.460 e. The van der Waals surface area contributed by atoms with E-state index in [1.807, 2.05) is 12.1 Å². The van der Waals surface area contributed by atoms with Crippen LogP contribution >= 0.6 is 0 Å². The lowest BCUT2D eigenvalue weighted by atomic mass is 9.52. The molecule has 13 atom stereocenters. The molecule has 4 aliphatic heterocycles. The molecule has 15 heteroatoms. The predicted octanol–water partition coefficient (Wildman–Crippen LogP) is 7.37. The Bertz CT molecular complexity index is 2080. The maximum atomic E-state index is 15.3. The number of hydroxylamine groups is 2. The number of nitrogens with one attached hydrogen (secondary N) is 2. The van der Waals surface area contributed by atoms with Gasteiger partial charge in [0.05, 0.1) is 37.0 Å². The highest BCUT2D eigenvalue weighted by molar-refractivity contribution is 5.96. The molecule has 1 unspecified atom stereocenters. The van der Waals surface area contributed by atoms with E-state index in [1.54, 1.807) is 25.8 Å². The van der Waals surface area contributed by atoms with Crippen molar-refractivity contribution in [3.63, 3.8) is 0 Å². The van der Waals surface area contributed by atoms with Gasteiger partial charge in [-0.3, -0.25) is 24.0 Å². The Hall–Kier alpha value is -3.44. The van der Waals surface area contributed by atoms with Crippen LogP contribution in [0.15, 0.2) is 29.8 Å². The summed E-state index contributed by atoms with van der Waals surface area (Å²) in [6, 6.07) is 4.71. The van der Waals surface area contributed by atoms with E-state index >= 15 is 4.79 Å². The topological polar surface area (TPSA) is 195 Å². The van der Waals surface area contributed by atoms with Gasteiger partial charge >= 0.3 is 11.9 Å². The van der Waals surface area contributed by atoms with E-state index < -0.39 is 95.8 Å². The van der Waals surface area contributed by atoms with E-state index in [1.165, 1.54) is 25.3 Å². The molecule has 1 aromatic rings. The van der Waals surface area contributed by atoms with Crippen molar-refractivity contribution in [2.24, 2.45) is 22.7 Å². The van der Waals surface area contributed by atoms with E-state index in [0.717, 1.165) is 68.9 Å². The van der Waals surface area contributed by atoms with Crippen LogP contribution in [0, 0.1) is 22.7 Å². The smallest absolute Gasteiger partial charge is 0.327 e. The van der Waals surface area contributed by atoms with Gasteiger partial charge in [-0.25, -0.2) is 0 Å². The van der Waals surface area contributed by atoms with Gasteiger partial charge in [-0.2, -0.15) is 5.06 Å². The van der Waals surface area contributed by atoms with Crippen LogP contribution in [0.25, 0.3) is 6.08 Å². The third-order valence-corrected chi connectivity index (χ3v) is 16.8. The second kappa shape index (κ2) is 20.8. The third kappa shape index (κ3) is 10.9. The Morgan fingerprint density at radius 1 is 0.943 bits per heavy atom. The van der Waals surface area contributed by atoms with Crippen molar-refractivity contribution in [3.8, 4) is 0 Å². The van der Waals surface area contributed by atoms with Crippen molar-refractivity contribution in [2.75, 3.05) is 6.61 Å². The van der Waals surface area contributed by atoms with E-state index in [4.69, 9.17) is 28.5 Å². The highest BCUT2D eigenvalue weighted by atomic mass is 16.8. The SMILES string of the molecule is CCCCCC1(CCCCC)O[C@@H]2[C@H](O1)[C@H]1ON(Cc3ccc(C=C4CCC5O[C@]5(C)CC[C@@H]5[C@@H]4CC5(C)C)cc3)[C@@H]3C(=O)O[C@@H]2C[C@]13C(=O)N[C@@H](C(=O)N[C@H](CO)CCC(=O)OC(C)(C)C)[C@H](C)O. The maximum absolute atomic E-state index is 15.3. The number of hydrogen-bond donors (Lipinski definition) is 4. The van der Waals surface area contributed by atoms with Gasteiger partial charge in [0.15, 0.2) is 11.8 Å². The molecule has 1 aromatic carbocycles. The molecule has 7 fully saturated rings. The summed E-state index contributed by atoms with van der Waals surface area (Å²) < 4.78 is 31.9. The third-order valence-electron chi connectivity index (χ3n) is 16.8. The summed E-state index contributed by atoms with van der Waals surface area (Å²) >= 11 is 0. The monoisotopic (exact) mass is 978 g/mol. The zero-order valence-electron chi connectivity index (χ0n) is 43.4. The quantitative estimate of drug-likeness (QED) is 0.0576. The highest BCUT2D eigenvalue weighted by Gasteiger charge is 2.76. The molecule has 15 nitrogen and oxygen atoms in total. The summed E-state index contributed by atoms with van der Waals surface area (Å²) in [4.78, 5) is 63.3. The van der Waals surface area contributed by atoms with Crippen LogP contribution in [0.5, 0.6) is 0 Å². The van der Waals surface area contributed by atoms with Crippen LogP contribution in [-0.4, -0.2) is 117 Å². The minimum absolute atomic E-state index is 0.0146. The molecule has 2 amide bonds. The average molecular weight is 978 g/mol. The van der Waals surface area contributed by atoms with Crippen LogP contribution in [0.3, 0.4) is 0 Å². The number of epoxide rings is 1. The van der Waals surface area contributed by atoms with E-state index in [0.29, 0.717) is 36.2 Å². The van der Waals surface area contributed by atoms with Crippen molar-refractivity contribution in [1.82, 2.24) is 15.7 Å². The zero-order valence-corrected chi connectivity index (χ0v) is 43.4. The standard InChI is InChI=1S/C55H83N3O12/c1-10-12-14-25-54(26-15-13-11-2)68-44-40-30-55(50(64)57-43(33(3)60)48(62)56-37(32-59)21-23-42(61)67-51(4,5)6)46(49(63)65-40)58(70-47(55)45(44)69-54)31-35-18-16-34(17-19-35)28-36-20-22-41-53(9,66-41)27-24-39-38(36)29-52(39,7)8/h16-19,28,33,37-41,43-47,59-60H,10-15,20-27,29-32H2,1-9H3,(H,56,62)(H,57,64)/t33-,37-,38+,39+,40+,41?,43+,44-,45-,46+,47+,53+,55+/m0/s1. The van der Waals surface area contributed by atoms with Gasteiger partial charge in [-0.1, -0.05) is 89.3 Å². The summed E-state index contributed by atoms with van der Waals surface area (Å²) in [6.07, 6.45) is 10.5. The Balaban J connectivity index is 1.06. The number of unbranched alkanes of at least 4 members (excludes halogenated alkanes) is 4. The number of carbonyl (C=O) groups excluding carboxylic acids is 4. The van der Waals surface area contributed by atoms with Gasteiger partial charge in [0.2, 0.25) is 11.8 Å². The molecule has 4 heterocycles. The van der Waals surface area contributed by atoms with Crippen LogP contribution < -0.4 is 10.6 Å². The van der Waals surface area contributed by atoms with Crippen LogP contribution in [-0.2, 0) is 54.2 Å². The molecule has 390 valence electrons. The molecule has 2 bridgehead atoms. The number of carbonyl (C=O) groups is 4. The molecule has 3 saturated carbocycles. The van der Waals surface area contributed by atoms with Gasteiger partial charge in [0.1, 0.15) is 41.5 Å². The predicted molar refractivity (Wildman–Crippen MR) is 261 cm³/mol. The molecular weight excluding hydrogens is 895 g/mol. The first-order valence-corrected chi connectivity index (χ1v) is 26.7. The molecule has 8 rings (SSSR count). The van der Waals surface area contributed by atoms with Crippen molar-refractivity contribution in [2.45, 2.75) is 243 Å². The summed E-state index contributed by atoms with van der Waals surface area (Å²) in [7, 11) is 0.